The maximum atomic E-state index is 12.7. The number of hydrogen-bond acceptors (Lipinski definition) is 8. The Bertz CT molecular complexity index is 1750. The van der Waals surface area contributed by atoms with Crippen LogP contribution >= 0.6 is 11.6 Å². The number of hydrazine groups is 1. The standard InChI is InChI=1S/C17H19F3N2O3.C13H10ClF3O3.C4H10N2/c1-10-7-12(25-9-17(18,19)20)8-11(2)13(10)14-15(23)21-5-3-4-6-22(21)16(14)24;1-7-3-9(20-6-13(15,16)17)4-8(2)11(7)10(5-18)12(14)19;1-2-4-6-5-3-1/h7-8,23H,3-6,9H2,1-2H3;3-4H,6H2,1-2H3;5-6H,1-4H2. The number of rotatable bonds is 7. The molecule has 3 aromatic rings. The molecule has 2 aromatic carbocycles. The van der Waals surface area contributed by atoms with Gasteiger partial charge >= 0.3 is 12.4 Å². The van der Waals surface area contributed by atoms with Crippen molar-refractivity contribution < 1.29 is 50.5 Å². The Morgan fingerprint density at radius 3 is 1.57 bits per heavy atom. The van der Waals surface area contributed by atoms with Crippen molar-refractivity contribution in [2.45, 2.75) is 78.8 Å². The summed E-state index contributed by atoms with van der Waals surface area (Å²) in [4.78, 5) is 34.5. The molecule has 0 atom stereocenters. The van der Waals surface area contributed by atoms with Gasteiger partial charge in [-0.05, 0) is 117 Å². The molecule has 1 saturated heterocycles. The van der Waals surface area contributed by atoms with Crippen LogP contribution in [0.3, 0.4) is 0 Å². The molecule has 3 heterocycles. The smallest absolute Gasteiger partial charge is 0.422 e. The van der Waals surface area contributed by atoms with Crippen molar-refractivity contribution in [2.24, 2.45) is 0 Å². The quantitative estimate of drug-likeness (QED) is 0.109. The molecule has 3 N–H and O–H groups in total. The number of halogens is 7. The van der Waals surface area contributed by atoms with Gasteiger partial charge in [0.2, 0.25) is 5.88 Å². The lowest BCUT2D eigenvalue weighted by Gasteiger charge is -2.17. The van der Waals surface area contributed by atoms with Gasteiger partial charge in [0.25, 0.3) is 10.8 Å². The molecule has 51 heavy (non-hydrogen) atoms. The van der Waals surface area contributed by atoms with E-state index in [-0.39, 0.29) is 39.6 Å². The van der Waals surface area contributed by atoms with Crippen molar-refractivity contribution in [1.82, 2.24) is 20.2 Å². The van der Waals surface area contributed by atoms with Crippen molar-refractivity contribution in [3.8, 4) is 28.5 Å². The van der Waals surface area contributed by atoms with Gasteiger partial charge in [-0.15, -0.1) is 0 Å². The van der Waals surface area contributed by atoms with E-state index >= 15 is 0 Å². The second-order valence-corrected chi connectivity index (χ2v) is 12.3. The third kappa shape index (κ3) is 11.6. The minimum absolute atomic E-state index is 0.00616. The highest BCUT2D eigenvalue weighted by Crippen LogP contribution is 2.36. The molecule has 1 aromatic heterocycles. The van der Waals surface area contributed by atoms with Crippen molar-refractivity contribution >= 4 is 28.4 Å². The highest BCUT2D eigenvalue weighted by atomic mass is 35.5. The first-order valence-corrected chi connectivity index (χ1v) is 16.3. The van der Waals surface area contributed by atoms with Gasteiger partial charge in [0, 0.05) is 31.7 Å². The lowest BCUT2D eigenvalue weighted by atomic mass is 9.97. The van der Waals surface area contributed by atoms with E-state index in [1.165, 1.54) is 61.6 Å². The summed E-state index contributed by atoms with van der Waals surface area (Å²) in [5.74, 6) is 1.42. The third-order valence-corrected chi connectivity index (χ3v) is 7.98. The van der Waals surface area contributed by atoms with Crippen LogP contribution in [0.2, 0.25) is 0 Å². The van der Waals surface area contributed by atoms with E-state index in [1.54, 1.807) is 18.5 Å². The fraction of sp³-hybridized carbons (Fsp3) is 0.471. The van der Waals surface area contributed by atoms with Crippen LogP contribution in [0.5, 0.6) is 17.4 Å². The summed E-state index contributed by atoms with van der Waals surface area (Å²) in [5.41, 5.74) is 8.36. The topological polar surface area (TPSA) is 124 Å². The number of hydrogen-bond donors (Lipinski definition) is 3. The molecule has 10 nitrogen and oxygen atoms in total. The van der Waals surface area contributed by atoms with Crippen LogP contribution in [0.15, 0.2) is 29.1 Å². The number of aromatic nitrogens is 2. The number of benzene rings is 2. The van der Waals surface area contributed by atoms with Gasteiger partial charge in [0.1, 0.15) is 28.6 Å². The Labute approximate surface area is 294 Å². The highest BCUT2D eigenvalue weighted by Gasteiger charge is 2.30. The minimum atomic E-state index is -4.44. The van der Waals surface area contributed by atoms with Crippen molar-refractivity contribution in [3.05, 3.63) is 62.4 Å². The van der Waals surface area contributed by atoms with Crippen molar-refractivity contribution in [2.75, 3.05) is 26.3 Å². The first kappa shape index (κ1) is 41.2. The first-order valence-electron chi connectivity index (χ1n) is 15.9. The molecule has 0 unspecified atom stereocenters. The van der Waals surface area contributed by atoms with Crippen LogP contribution in [-0.2, 0) is 22.7 Å². The molecule has 0 aliphatic carbocycles. The number of alkyl halides is 6. The molecular formula is C34H39ClF6N4O6. The summed E-state index contributed by atoms with van der Waals surface area (Å²) in [6.07, 6.45) is -4.46. The third-order valence-electron chi connectivity index (χ3n) is 7.79. The highest BCUT2D eigenvalue weighted by molar-refractivity contribution is 6.75. The molecule has 0 amide bonds. The lowest BCUT2D eigenvalue weighted by molar-refractivity contribution is -0.154. The van der Waals surface area contributed by atoms with E-state index in [2.05, 4.69) is 15.6 Å². The van der Waals surface area contributed by atoms with Gasteiger partial charge in [-0.25, -0.2) is 9.48 Å². The van der Waals surface area contributed by atoms with Crippen molar-refractivity contribution in [1.29, 1.82) is 0 Å². The number of nitrogens with one attached hydrogen (secondary N) is 2. The summed E-state index contributed by atoms with van der Waals surface area (Å²) in [6, 6.07) is 5.50. The molecule has 280 valence electrons. The van der Waals surface area contributed by atoms with E-state index in [1.807, 2.05) is 0 Å². The minimum Gasteiger partial charge on any atom is -0.493 e. The monoisotopic (exact) mass is 748 g/mol. The normalized spacial score (nSPS) is 14.2. The molecule has 5 rings (SSSR count). The maximum Gasteiger partial charge on any atom is 0.422 e. The number of carbonyl (C=O) groups is 1. The second-order valence-electron chi connectivity index (χ2n) is 11.9. The molecule has 1 fully saturated rings. The number of allylic oxidation sites excluding steroid dienone is 1. The average molecular weight is 749 g/mol. The van der Waals surface area contributed by atoms with Crippen molar-refractivity contribution in [3.63, 3.8) is 0 Å². The van der Waals surface area contributed by atoms with Gasteiger partial charge in [-0.2, -0.15) is 26.3 Å². The first-order chi connectivity index (χ1) is 23.8. The predicted molar refractivity (Wildman–Crippen MR) is 179 cm³/mol. The van der Waals surface area contributed by atoms with E-state index in [0.29, 0.717) is 40.9 Å². The Hall–Kier alpha value is -4.24. The largest absolute Gasteiger partial charge is 0.493 e. The Morgan fingerprint density at radius 2 is 1.22 bits per heavy atom. The zero-order valence-electron chi connectivity index (χ0n) is 28.4. The number of fused-ring (bicyclic) bond motifs is 1. The van der Waals surface area contributed by atoms with Crippen LogP contribution in [0, 0.1) is 27.7 Å². The fourth-order valence-corrected chi connectivity index (χ4v) is 5.83. The molecule has 0 spiro atoms. The summed E-state index contributed by atoms with van der Waals surface area (Å²) >= 11 is 5.26. The Morgan fingerprint density at radius 1 is 0.784 bits per heavy atom. The maximum absolute atomic E-state index is 12.7. The van der Waals surface area contributed by atoms with E-state index < -0.39 is 30.8 Å². The van der Waals surface area contributed by atoms with Gasteiger partial charge in [-0.1, -0.05) is 0 Å². The van der Waals surface area contributed by atoms with E-state index in [0.717, 1.165) is 25.9 Å². The fourth-order valence-electron chi connectivity index (χ4n) is 5.69. The number of aromatic hydroxyl groups is 1. The van der Waals surface area contributed by atoms with Crippen LogP contribution in [-0.4, -0.2) is 64.3 Å². The molecule has 0 saturated carbocycles. The second kappa shape index (κ2) is 17.8. The van der Waals surface area contributed by atoms with E-state index in [9.17, 15) is 45.8 Å². The van der Waals surface area contributed by atoms with Crippen LogP contribution in [0.4, 0.5) is 26.3 Å². The lowest BCUT2D eigenvalue weighted by Crippen LogP contribution is -2.37. The molecule has 2 aliphatic heterocycles. The molecule has 17 heteroatoms. The summed E-state index contributed by atoms with van der Waals surface area (Å²) in [7, 11) is 0. The average Bonchev–Trinajstić information content (AvgIpc) is 3.30. The van der Waals surface area contributed by atoms with Crippen LogP contribution in [0.25, 0.3) is 16.7 Å². The summed E-state index contributed by atoms with van der Waals surface area (Å²) in [5, 5.41) is 9.52. The number of carbonyl (C=O) groups excluding carboxylic acids is 2. The number of aryl methyl sites for hydroxylation is 4. The SMILES string of the molecule is C1CCNNC1.Cc1cc(OCC(F)(F)F)cc(C)c1-c1c(O)n2n(c1=O)CCCC2.Cc1cc(OCC(F)(F)F)cc(C)c1C(=C=O)C(=O)Cl. The van der Waals surface area contributed by atoms with Gasteiger partial charge in [0.05, 0.1) is 0 Å². The Balaban J connectivity index is 0.000000241. The zero-order valence-corrected chi connectivity index (χ0v) is 29.2. The molecule has 0 bridgehead atoms. The van der Waals surface area contributed by atoms with Gasteiger partial charge in [0.15, 0.2) is 13.2 Å². The number of ether oxygens (including phenoxy) is 2. The van der Waals surface area contributed by atoms with E-state index in [4.69, 9.17) is 16.3 Å². The molecular weight excluding hydrogens is 710 g/mol. The Kier molecular flexibility index (Phi) is 14.4. The number of nitrogens with zero attached hydrogens (tertiary/aromatic N) is 2. The zero-order chi connectivity index (χ0) is 38.1. The summed E-state index contributed by atoms with van der Waals surface area (Å²) < 4.78 is 85.6. The van der Waals surface area contributed by atoms with Gasteiger partial charge in [-0.3, -0.25) is 25.1 Å². The van der Waals surface area contributed by atoms with Gasteiger partial charge < -0.3 is 14.6 Å². The van der Waals surface area contributed by atoms with Crippen LogP contribution in [0.1, 0.15) is 53.5 Å². The predicted octanol–water partition coefficient (Wildman–Crippen LogP) is 6.47. The molecule has 2 aliphatic rings. The molecule has 0 radical (unpaired) electrons. The van der Waals surface area contributed by atoms with Crippen LogP contribution < -0.4 is 25.9 Å². The summed E-state index contributed by atoms with van der Waals surface area (Å²) in [6.45, 7) is 7.00.